The lowest BCUT2D eigenvalue weighted by molar-refractivity contribution is -0.386. The van der Waals surface area contributed by atoms with Gasteiger partial charge in [-0.05, 0) is 38.5 Å². The minimum Gasteiger partial charge on any atom is -0.477 e. The minimum absolute atomic E-state index is 0.0920. The van der Waals surface area contributed by atoms with E-state index in [0.29, 0.717) is 12.8 Å². The van der Waals surface area contributed by atoms with Crippen molar-refractivity contribution in [2.75, 3.05) is 26.4 Å². The monoisotopic (exact) mass is 1090 g/mol. The number of rotatable bonds is 37. The maximum Gasteiger partial charge on any atom is 0.364 e. The standard InChI is InChI=1S/C53H92N2O21/c1-4-6-8-10-12-14-15-16-17-19-21-23-25-27-40(63)55-34(35(60)26-24-22-20-18-13-11-9-7-5-2)32-71-50-45(67)44(66)47(39(31-58)73-50)74-51-46(68)49(43(65)38(30-57)72-51)76-53(52(69)70)28-36(61)41(54-33(3)59)48(75-53)42(64)37(62)29-56/h16-17,21,23-24,26,34-39,41-51,56-58,60-62,64-68H,4-15,18-20,22,25,27-32H2,1-3H3,(H,54,59)(H,55,63)(H,69,70)/b17-16-,23-21-,26-24+. The van der Waals surface area contributed by atoms with Gasteiger partial charge < -0.3 is 100 Å². The Morgan fingerprint density at radius 2 is 1.28 bits per heavy atom. The van der Waals surface area contributed by atoms with Crippen LogP contribution in [0.15, 0.2) is 36.5 Å². The van der Waals surface area contributed by atoms with Gasteiger partial charge in [0.05, 0.1) is 50.7 Å². The topological polar surface area (TPSA) is 373 Å². The second-order valence-corrected chi connectivity index (χ2v) is 20.1. The molecule has 0 aliphatic carbocycles. The van der Waals surface area contributed by atoms with Crippen molar-refractivity contribution in [3.05, 3.63) is 36.5 Å². The van der Waals surface area contributed by atoms with E-state index < -0.39 is 160 Å². The van der Waals surface area contributed by atoms with E-state index in [4.69, 9.17) is 28.4 Å². The summed E-state index contributed by atoms with van der Waals surface area (Å²) in [5, 5.41) is 135. The first-order valence-corrected chi connectivity index (χ1v) is 27.4. The Balaban J connectivity index is 1.73. The summed E-state index contributed by atoms with van der Waals surface area (Å²) in [5.74, 6) is -6.23. The maximum atomic E-state index is 13.2. The number of aliphatic hydroxyl groups excluding tert-OH is 11. The Morgan fingerprint density at radius 3 is 1.86 bits per heavy atom. The summed E-state index contributed by atoms with van der Waals surface area (Å²) in [6.45, 7) is 1.96. The summed E-state index contributed by atoms with van der Waals surface area (Å²) < 4.78 is 34.5. The van der Waals surface area contributed by atoms with Crippen molar-refractivity contribution in [3.8, 4) is 0 Å². The summed E-state index contributed by atoms with van der Waals surface area (Å²) in [4.78, 5) is 38.2. The van der Waals surface area contributed by atoms with Crippen LogP contribution in [0.4, 0.5) is 0 Å². The molecule has 0 aromatic rings. The number of hydrogen-bond acceptors (Lipinski definition) is 20. The minimum atomic E-state index is -3.08. The van der Waals surface area contributed by atoms with Crippen LogP contribution in [0.5, 0.6) is 0 Å². The second-order valence-electron chi connectivity index (χ2n) is 20.1. The molecule has 23 heteroatoms. The third-order valence-electron chi connectivity index (χ3n) is 13.8. The van der Waals surface area contributed by atoms with Crippen LogP contribution in [0.2, 0.25) is 0 Å². The van der Waals surface area contributed by atoms with Gasteiger partial charge in [-0.25, -0.2) is 4.79 Å². The number of hydrogen-bond donors (Lipinski definition) is 14. The van der Waals surface area contributed by atoms with E-state index in [-0.39, 0.29) is 6.42 Å². The van der Waals surface area contributed by atoms with Crippen molar-refractivity contribution < 1.29 is 104 Å². The second kappa shape index (κ2) is 36.3. The van der Waals surface area contributed by atoms with Gasteiger partial charge in [-0.2, -0.15) is 0 Å². The number of aliphatic hydroxyl groups is 11. The molecule has 3 fully saturated rings. The van der Waals surface area contributed by atoms with E-state index in [2.05, 4.69) is 36.6 Å². The van der Waals surface area contributed by atoms with Gasteiger partial charge in [0, 0.05) is 19.8 Å². The van der Waals surface area contributed by atoms with E-state index in [1.807, 2.05) is 18.2 Å². The van der Waals surface area contributed by atoms with Crippen molar-refractivity contribution in [2.24, 2.45) is 0 Å². The highest BCUT2D eigenvalue weighted by Crippen LogP contribution is 2.38. The van der Waals surface area contributed by atoms with Gasteiger partial charge in [0.15, 0.2) is 12.6 Å². The molecule has 14 N–H and O–H groups in total. The number of amides is 2. The largest absolute Gasteiger partial charge is 0.477 e. The number of unbranched alkanes of at least 4 members (excludes halogenated alkanes) is 13. The van der Waals surface area contributed by atoms with Gasteiger partial charge in [-0.15, -0.1) is 0 Å². The predicted molar refractivity (Wildman–Crippen MR) is 274 cm³/mol. The van der Waals surface area contributed by atoms with Crippen LogP contribution in [0.3, 0.4) is 0 Å². The molecule has 3 rings (SSSR count). The number of allylic oxidation sites excluding steroid dienone is 5. The van der Waals surface area contributed by atoms with Crippen LogP contribution in [0.1, 0.15) is 143 Å². The zero-order valence-electron chi connectivity index (χ0n) is 44.6. The van der Waals surface area contributed by atoms with E-state index in [1.54, 1.807) is 6.08 Å². The van der Waals surface area contributed by atoms with Crippen molar-refractivity contribution in [2.45, 2.75) is 253 Å². The average Bonchev–Trinajstić information content (AvgIpc) is 3.39. The predicted octanol–water partition coefficient (Wildman–Crippen LogP) is 0.377. The number of nitrogens with one attached hydrogen (secondary N) is 2. The normalized spacial score (nSPS) is 31.9. The quantitative estimate of drug-likeness (QED) is 0.0295. The first-order chi connectivity index (χ1) is 36.4. The number of ether oxygens (including phenoxy) is 6. The maximum absolute atomic E-state index is 13.2. The average molecular weight is 1090 g/mol. The highest BCUT2D eigenvalue weighted by Gasteiger charge is 2.60. The SMILES string of the molecule is CCCCCCCC/C=C\C/C=C\CCC(=O)NC(COC1OC(CO)C(OC2OC(CO)C(O)C(OC3(C(=O)O)CC(O)C(NC(C)=O)C(C(O)C(O)CO)O3)C2O)C(O)C1O)C(O)/C=C/CCCCCCCCC. The van der Waals surface area contributed by atoms with Crippen LogP contribution in [0, 0.1) is 0 Å². The lowest BCUT2D eigenvalue weighted by atomic mass is 9.88. The Bertz CT molecular complexity index is 1730. The Kier molecular flexibility index (Phi) is 32.1. The molecule has 0 radical (unpaired) electrons. The van der Waals surface area contributed by atoms with E-state index in [1.165, 1.54) is 44.9 Å². The van der Waals surface area contributed by atoms with Crippen molar-refractivity contribution in [3.63, 3.8) is 0 Å². The molecule has 3 saturated heterocycles. The molecule has 0 spiro atoms. The van der Waals surface area contributed by atoms with E-state index in [0.717, 1.165) is 58.3 Å². The smallest absolute Gasteiger partial charge is 0.364 e. The zero-order chi connectivity index (χ0) is 56.2. The zero-order valence-corrected chi connectivity index (χ0v) is 44.6. The van der Waals surface area contributed by atoms with E-state index >= 15 is 0 Å². The molecule has 3 aliphatic rings. The third-order valence-corrected chi connectivity index (χ3v) is 13.8. The molecule has 18 unspecified atom stereocenters. The van der Waals surface area contributed by atoms with E-state index in [9.17, 15) is 75.7 Å². The number of aliphatic carboxylic acids is 1. The fourth-order valence-corrected chi connectivity index (χ4v) is 9.34. The molecule has 3 aliphatic heterocycles. The molecular formula is C53H92N2O21. The summed E-state index contributed by atoms with van der Waals surface area (Å²) in [6.07, 6.45) is -0.0519. The number of carbonyl (C=O) groups is 3. The van der Waals surface area contributed by atoms with Crippen LogP contribution >= 0.6 is 0 Å². The van der Waals surface area contributed by atoms with Crippen LogP contribution < -0.4 is 10.6 Å². The molecule has 0 aromatic carbocycles. The molecule has 2 amide bonds. The molecule has 18 atom stereocenters. The van der Waals surface area contributed by atoms with Gasteiger partial charge in [-0.3, -0.25) is 9.59 Å². The summed E-state index contributed by atoms with van der Waals surface area (Å²) in [6, 6.07) is -2.65. The van der Waals surface area contributed by atoms with Crippen LogP contribution in [-0.4, -0.2) is 215 Å². The fourth-order valence-electron chi connectivity index (χ4n) is 9.34. The molecular weight excluding hydrogens is 1000 g/mol. The molecule has 0 bridgehead atoms. The fraction of sp³-hybridized carbons (Fsp3) is 0.830. The summed E-state index contributed by atoms with van der Waals surface area (Å²) >= 11 is 0. The van der Waals surface area contributed by atoms with Gasteiger partial charge in [0.2, 0.25) is 11.8 Å². The number of carbonyl (C=O) groups excluding carboxylic acids is 2. The Hall–Kier alpha value is -3.05. The lowest BCUT2D eigenvalue weighted by Gasteiger charge is -2.50. The summed E-state index contributed by atoms with van der Waals surface area (Å²) in [7, 11) is 0. The van der Waals surface area contributed by atoms with Crippen LogP contribution in [0.25, 0.3) is 0 Å². The summed E-state index contributed by atoms with van der Waals surface area (Å²) in [5.41, 5.74) is 0. The molecule has 3 heterocycles. The van der Waals surface area contributed by atoms with Crippen molar-refractivity contribution in [1.82, 2.24) is 10.6 Å². The lowest BCUT2D eigenvalue weighted by Crippen LogP contribution is -2.70. The first kappa shape index (κ1) is 67.2. The Labute approximate surface area is 446 Å². The van der Waals surface area contributed by atoms with Gasteiger partial charge in [0.25, 0.3) is 5.79 Å². The molecule has 23 nitrogen and oxygen atoms in total. The molecule has 0 saturated carbocycles. The highest BCUT2D eigenvalue weighted by molar-refractivity contribution is 5.77. The van der Waals surface area contributed by atoms with Crippen molar-refractivity contribution >= 4 is 17.8 Å². The highest BCUT2D eigenvalue weighted by atomic mass is 16.8. The van der Waals surface area contributed by atoms with Gasteiger partial charge in [-0.1, -0.05) is 121 Å². The van der Waals surface area contributed by atoms with Crippen molar-refractivity contribution in [1.29, 1.82) is 0 Å². The number of carboxylic acids is 1. The first-order valence-electron chi connectivity index (χ1n) is 27.4. The van der Waals surface area contributed by atoms with Crippen LogP contribution in [-0.2, 0) is 42.8 Å². The number of carboxylic acid groups (broad SMARTS) is 1. The Morgan fingerprint density at radius 1 is 0.697 bits per heavy atom. The van der Waals surface area contributed by atoms with Gasteiger partial charge in [0.1, 0.15) is 67.1 Å². The van der Waals surface area contributed by atoms with Gasteiger partial charge >= 0.3 is 5.97 Å². The third kappa shape index (κ3) is 21.5. The molecule has 0 aromatic heterocycles. The molecule has 76 heavy (non-hydrogen) atoms. The molecule has 440 valence electrons.